The maximum Gasteiger partial charge on any atom is 0.272 e. The van der Waals surface area contributed by atoms with E-state index < -0.39 is 17.4 Å². The van der Waals surface area contributed by atoms with Gasteiger partial charge >= 0.3 is 0 Å². The number of nitrogens with zero attached hydrogens (tertiary/aromatic N) is 2. The lowest BCUT2D eigenvalue weighted by atomic mass is 10.1. The summed E-state index contributed by atoms with van der Waals surface area (Å²) in [6, 6.07) is 9.59. The number of hydrogen-bond donors (Lipinski definition) is 1. The quantitative estimate of drug-likeness (QED) is 0.493. The highest BCUT2D eigenvalue weighted by molar-refractivity contribution is 7.22. The summed E-state index contributed by atoms with van der Waals surface area (Å²) >= 11 is 19.2. The summed E-state index contributed by atoms with van der Waals surface area (Å²) in [5.41, 5.74) is 3.37. The van der Waals surface area contributed by atoms with Gasteiger partial charge in [-0.25, -0.2) is 9.99 Å². The molecule has 28 heavy (non-hydrogen) atoms. The van der Waals surface area contributed by atoms with Crippen molar-refractivity contribution in [2.24, 2.45) is 0 Å². The second kappa shape index (κ2) is 7.87. The normalized spacial score (nSPS) is 11.5. The van der Waals surface area contributed by atoms with E-state index in [1.165, 1.54) is 34.5 Å². The highest BCUT2D eigenvalue weighted by atomic mass is 35.5. The second-order valence-electron chi connectivity index (χ2n) is 7.06. The lowest BCUT2D eigenvalue weighted by molar-refractivity contribution is 0.0358. The number of carbonyl (C=O) groups is 2. The van der Waals surface area contributed by atoms with Gasteiger partial charge in [0.05, 0.1) is 15.8 Å². The number of nitrogens with one attached hydrogen (secondary N) is 1. The number of hydrogen-bond acceptors (Lipinski definition) is 4. The van der Waals surface area contributed by atoms with Crippen LogP contribution in [0.25, 0.3) is 10.2 Å². The van der Waals surface area contributed by atoms with Gasteiger partial charge in [-0.15, -0.1) is 11.3 Å². The lowest BCUT2D eigenvalue weighted by Crippen LogP contribution is -2.55. The SMILES string of the molecule is CC(C)(C)N(NC(=O)c1ccc2nc(Cl)sc2c1)C(=O)c1cc(Cl)cc(Cl)c1. The van der Waals surface area contributed by atoms with Crippen molar-refractivity contribution < 1.29 is 9.59 Å². The van der Waals surface area contributed by atoms with E-state index in [2.05, 4.69) is 10.4 Å². The monoisotopic (exact) mass is 455 g/mol. The van der Waals surface area contributed by atoms with Gasteiger partial charge in [0.2, 0.25) is 0 Å². The number of amides is 2. The number of aromatic nitrogens is 1. The smallest absolute Gasteiger partial charge is 0.267 e. The Bertz CT molecular complexity index is 1060. The van der Waals surface area contributed by atoms with Crippen molar-refractivity contribution in [2.45, 2.75) is 26.3 Å². The molecule has 0 fully saturated rings. The topological polar surface area (TPSA) is 62.3 Å². The first kappa shape index (κ1) is 20.9. The molecule has 3 rings (SSSR count). The Balaban J connectivity index is 1.91. The Hall–Kier alpha value is -1.86. The van der Waals surface area contributed by atoms with Crippen molar-refractivity contribution in [2.75, 3.05) is 0 Å². The van der Waals surface area contributed by atoms with E-state index in [0.29, 0.717) is 25.6 Å². The maximum atomic E-state index is 13.0. The summed E-state index contributed by atoms with van der Waals surface area (Å²) < 4.78 is 1.18. The van der Waals surface area contributed by atoms with Gasteiger partial charge < -0.3 is 0 Å². The van der Waals surface area contributed by atoms with E-state index in [1.54, 1.807) is 18.2 Å². The van der Waals surface area contributed by atoms with Crippen molar-refractivity contribution in [1.29, 1.82) is 0 Å². The fourth-order valence-corrected chi connectivity index (χ4v) is 4.13. The Morgan fingerprint density at radius 3 is 2.25 bits per heavy atom. The third kappa shape index (κ3) is 4.58. The molecule has 3 aromatic rings. The molecule has 0 saturated carbocycles. The van der Waals surface area contributed by atoms with Crippen LogP contribution in [0.1, 0.15) is 41.5 Å². The molecule has 2 amide bonds. The first-order valence-electron chi connectivity index (χ1n) is 8.22. The van der Waals surface area contributed by atoms with E-state index in [0.717, 1.165) is 4.70 Å². The molecular weight excluding hydrogens is 441 g/mol. The average Bonchev–Trinajstić information content (AvgIpc) is 2.96. The molecule has 2 aromatic carbocycles. The molecule has 146 valence electrons. The van der Waals surface area contributed by atoms with Crippen molar-refractivity contribution in [1.82, 2.24) is 15.4 Å². The van der Waals surface area contributed by atoms with Gasteiger partial charge in [0.25, 0.3) is 11.8 Å². The molecule has 0 aliphatic rings. The van der Waals surface area contributed by atoms with E-state index in [9.17, 15) is 9.59 Å². The summed E-state index contributed by atoms with van der Waals surface area (Å²) in [6.07, 6.45) is 0. The van der Waals surface area contributed by atoms with Crippen molar-refractivity contribution in [3.63, 3.8) is 0 Å². The van der Waals surface area contributed by atoms with Crippen LogP contribution in [0.2, 0.25) is 14.5 Å². The van der Waals surface area contributed by atoms with Crippen LogP contribution >= 0.6 is 46.1 Å². The van der Waals surface area contributed by atoms with Gasteiger partial charge in [-0.3, -0.25) is 15.0 Å². The van der Waals surface area contributed by atoms with Gasteiger partial charge in [0.1, 0.15) is 0 Å². The highest BCUT2D eigenvalue weighted by Gasteiger charge is 2.30. The Morgan fingerprint density at radius 1 is 1.00 bits per heavy atom. The van der Waals surface area contributed by atoms with Crippen LogP contribution in [0.3, 0.4) is 0 Å². The molecule has 1 heterocycles. The fraction of sp³-hybridized carbons (Fsp3) is 0.211. The first-order chi connectivity index (χ1) is 13.0. The van der Waals surface area contributed by atoms with Crippen LogP contribution < -0.4 is 5.43 Å². The highest BCUT2D eigenvalue weighted by Crippen LogP contribution is 2.27. The summed E-state index contributed by atoms with van der Waals surface area (Å²) in [6.45, 7) is 5.43. The molecule has 5 nitrogen and oxygen atoms in total. The lowest BCUT2D eigenvalue weighted by Gasteiger charge is -2.35. The summed E-state index contributed by atoms with van der Waals surface area (Å²) in [7, 11) is 0. The summed E-state index contributed by atoms with van der Waals surface area (Å²) in [4.78, 5) is 30.0. The third-order valence-electron chi connectivity index (χ3n) is 3.82. The van der Waals surface area contributed by atoms with E-state index >= 15 is 0 Å². The number of rotatable bonds is 2. The molecule has 9 heteroatoms. The van der Waals surface area contributed by atoms with Crippen LogP contribution in [-0.2, 0) is 0 Å². The molecule has 0 spiro atoms. The number of fused-ring (bicyclic) bond motifs is 1. The fourth-order valence-electron chi connectivity index (χ4n) is 2.53. The number of hydrazine groups is 1. The van der Waals surface area contributed by atoms with E-state index in [1.807, 2.05) is 20.8 Å². The third-order valence-corrected chi connectivity index (χ3v) is 5.38. The Morgan fingerprint density at radius 2 is 1.64 bits per heavy atom. The Labute approximate surface area is 181 Å². The molecule has 0 aliphatic heterocycles. The minimum absolute atomic E-state index is 0.275. The Kier molecular flexibility index (Phi) is 5.87. The summed E-state index contributed by atoms with van der Waals surface area (Å²) in [5, 5.41) is 1.94. The zero-order valence-corrected chi connectivity index (χ0v) is 18.3. The molecule has 1 N–H and O–H groups in total. The zero-order valence-electron chi connectivity index (χ0n) is 15.2. The van der Waals surface area contributed by atoms with E-state index in [4.69, 9.17) is 34.8 Å². The molecule has 0 atom stereocenters. The van der Waals surface area contributed by atoms with Gasteiger partial charge in [0, 0.05) is 21.2 Å². The minimum Gasteiger partial charge on any atom is -0.267 e. The second-order valence-corrected chi connectivity index (χ2v) is 9.55. The molecule has 0 saturated heterocycles. The zero-order chi connectivity index (χ0) is 20.6. The maximum absolute atomic E-state index is 13.0. The van der Waals surface area contributed by atoms with Crippen LogP contribution in [0, 0.1) is 0 Å². The molecule has 0 bridgehead atoms. The van der Waals surface area contributed by atoms with Crippen molar-refractivity contribution in [3.8, 4) is 0 Å². The summed E-state index contributed by atoms with van der Waals surface area (Å²) in [5.74, 6) is -0.852. The van der Waals surface area contributed by atoms with E-state index in [-0.39, 0.29) is 5.56 Å². The minimum atomic E-state index is -0.695. The van der Waals surface area contributed by atoms with Crippen LogP contribution in [-0.4, -0.2) is 27.3 Å². The van der Waals surface area contributed by atoms with Crippen LogP contribution in [0.5, 0.6) is 0 Å². The van der Waals surface area contributed by atoms with Gasteiger partial charge in [-0.2, -0.15) is 0 Å². The van der Waals surface area contributed by atoms with Crippen LogP contribution in [0.4, 0.5) is 0 Å². The number of thiazole rings is 1. The standard InChI is InChI=1S/C19H16Cl3N3O2S/c1-19(2,3)25(17(27)11-6-12(20)9-13(21)7-11)24-16(26)10-4-5-14-15(8-10)28-18(22)23-14/h4-9H,1-3H3,(H,24,26). The van der Waals surface area contributed by atoms with Gasteiger partial charge in [0.15, 0.2) is 4.47 Å². The van der Waals surface area contributed by atoms with Gasteiger partial charge in [-0.1, -0.05) is 34.8 Å². The molecule has 0 radical (unpaired) electrons. The van der Waals surface area contributed by atoms with Crippen molar-refractivity contribution >= 4 is 68.2 Å². The first-order valence-corrected chi connectivity index (χ1v) is 10.2. The number of carbonyl (C=O) groups excluding carboxylic acids is 2. The van der Waals surface area contributed by atoms with Gasteiger partial charge in [-0.05, 0) is 57.2 Å². The molecule has 0 unspecified atom stereocenters. The van der Waals surface area contributed by atoms with Crippen molar-refractivity contribution in [3.05, 3.63) is 62.0 Å². The number of benzene rings is 2. The predicted molar refractivity (Wildman–Crippen MR) is 114 cm³/mol. The molecule has 1 aromatic heterocycles. The average molecular weight is 457 g/mol. The number of halogens is 3. The predicted octanol–water partition coefficient (Wildman–Crippen LogP) is 5.84. The largest absolute Gasteiger partial charge is 0.272 e. The van der Waals surface area contributed by atoms with Crippen LogP contribution in [0.15, 0.2) is 36.4 Å². The molecular formula is C19H16Cl3N3O2S. The molecule has 0 aliphatic carbocycles.